The Labute approximate surface area is 81.5 Å². The molecule has 0 unspecified atom stereocenters. The Hall–Kier alpha value is -2.03. The SMILES string of the molecule is O=C1C=CC=CN=Nc2ccccc21. The van der Waals surface area contributed by atoms with Gasteiger partial charge in [0.25, 0.3) is 0 Å². The zero-order valence-electron chi connectivity index (χ0n) is 7.42. The van der Waals surface area contributed by atoms with Crippen LogP contribution < -0.4 is 0 Å². The molecule has 0 atom stereocenters. The van der Waals surface area contributed by atoms with Crippen molar-refractivity contribution in [1.29, 1.82) is 0 Å². The molecule has 1 aromatic carbocycles. The molecule has 0 aromatic heterocycles. The van der Waals surface area contributed by atoms with Gasteiger partial charge in [-0.3, -0.25) is 4.79 Å². The average molecular weight is 184 g/mol. The van der Waals surface area contributed by atoms with E-state index in [9.17, 15) is 4.79 Å². The van der Waals surface area contributed by atoms with Crippen molar-refractivity contribution >= 4 is 11.5 Å². The van der Waals surface area contributed by atoms with Crippen LogP contribution >= 0.6 is 0 Å². The smallest absolute Gasteiger partial charge is 0.188 e. The Balaban J connectivity index is 2.57. The van der Waals surface area contributed by atoms with E-state index in [1.807, 2.05) is 12.1 Å². The Morgan fingerprint density at radius 3 is 2.86 bits per heavy atom. The highest BCUT2D eigenvalue weighted by Crippen LogP contribution is 2.20. The molecule has 0 radical (unpaired) electrons. The standard InChI is InChI=1S/C11H8N2O/c14-11-7-3-4-8-12-13-10-6-2-1-5-9(10)11/h1-8H. The molecular weight excluding hydrogens is 176 g/mol. The van der Waals surface area contributed by atoms with Crippen LogP contribution in [0.5, 0.6) is 0 Å². The molecule has 14 heavy (non-hydrogen) atoms. The highest BCUT2D eigenvalue weighted by atomic mass is 16.1. The number of carbonyl (C=O) groups excluding carboxylic acids is 1. The average Bonchev–Trinajstić information content (AvgIpc) is 2.30. The third-order valence-corrected chi connectivity index (χ3v) is 1.85. The molecule has 0 saturated carbocycles. The quantitative estimate of drug-likeness (QED) is 0.611. The zero-order valence-corrected chi connectivity index (χ0v) is 7.42. The second-order valence-corrected chi connectivity index (χ2v) is 2.80. The summed E-state index contributed by atoms with van der Waals surface area (Å²) in [4.78, 5) is 11.6. The first-order valence-corrected chi connectivity index (χ1v) is 4.25. The molecule has 0 amide bonds. The van der Waals surface area contributed by atoms with E-state index in [2.05, 4.69) is 10.2 Å². The molecule has 1 aliphatic heterocycles. The molecule has 1 heterocycles. The number of hydrogen-bond donors (Lipinski definition) is 0. The number of azo groups is 1. The summed E-state index contributed by atoms with van der Waals surface area (Å²) in [6, 6.07) is 7.15. The van der Waals surface area contributed by atoms with Crippen molar-refractivity contribution in [2.45, 2.75) is 0 Å². The molecule has 0 fully saturated rings. The predicted octanol–water partition coefficient (Wildman–Crippen LogP) is 3.04. The molecule has 3 nitrogen and oxygen atoms in total. The van der Waals surface area contributed by atoms with E-state index in [0.29, 0.717) is 11.3 Å². The number of fused-ring (bicyclic) bond motifs is 1. The lowest BCUT2D eigenvalue weighted by molar-refractivity contribution is 0.104. The van der Waals surface area contributed by atoms with Crippen LogP contribution in [0.3, 0.4) is 0 Å². The third kappa shape index (κ3) is 1.66. The van der Waals surface area contributed by atoms with Gasteiger partial charge in [-0.2, -0.15) is 10.2 Å². The number of ketones is 1. The first kappa shape index (κ1) is 8.56. The lowest BCUT2D eigenvalue weighted by Crippen LogP contribution is -1.93. The molecule has 1 aliphatic rings. The molecule has 0 saturated heterocycles. The Morgan fingerprint density at radius 1 is 1.07 bits per heavy atom. The minimum atomic E-state index is -0.0499. The summed E-state index contributed by atoms with van der Waals surface area (Å²) < 4.78 is 0. The van der Waals surface area contributed by atoms with E-state index >= 15 is 0 Å². The van der Waals surface area contributed by atoms with Crippen LogP contribution in [0.15, 0.2) is 58.9 Å². The molecular formula is C11H8N2O. The lowest BCUT2D eigenvalue weighted by atomic mass is 10.1. The van der Waals surface area contributed by atoms with Gasteiger partial charge in [-0.1, -0.05) is 18.2 Å². The van der Waals surface area contributed by atoms with Crippen molar-refractivity contribution in [2.24, 2.45) is 10.2 Å². The Kier molecular flexibility index (Phi) is 2.32. The second kappa shape index (κ2) is 3.79. The fraction of sp³-hybridized carbons (Fsp3) is 0. The highest BCUT2D eigenvalue weighted by molar-refractivity contribution is 6.08. The summed E-state index contributed by atoms with van der Waals surface area (Å²) in [7, 11) is 0. The van der Waals surface area contributed by atoms with Crippen molar-refractivity contribution in [2.75, 3.05) is 0 Å². The van der Waals surface area contributed by atoms with Gasteiger partial charge in [0.2, 0.25) is 0 Å². The largest absolute Gasteiger partial charge is 0.289 e. The maximum absolute atomic E-state index is 11.6. The van der Waals surface area contributed by atoms with Gasteiger partial charge >= 0.3 is 0 Å². The Morgan fingerprint density at radius 2 is 1.93 bits per heavy atom. The predicted molar refractivity (Wildman–Crippen MR) is 53.6 cm³/mol. The molecule has 0 aliphatic carbocycles. The second-order valence-electron chi connectivity index (χ2n) is 2.80. The number of rotatable bonds is 0. The molecule has 0 bridgehead atoms. The summed E-state index contributed by atoms with van der Waals surface area (Å²) in [6.45, 7) is 0. The van der Waals surface area contributed by atoms with Crippen LogP contribution in [0.2, 0.25) is 0 Å². The topological polar surface area (TPSA) is 41.8 Å². The molecule has 0 spiro atoms. The van der Waals surface area contributed by atoms with E-state index in [1.165, 1.54) is 6.08 Å². The molecule has 1 aromatic rings. The van der Waals surface area contributed by atoms with Crippen LogP contribution in [0.25, 0.3) is 0 Å². The minimum Gasteiger partial charge on any atom is -0.289 e. The van der Waals surface area contributed by atoms with Crippen LogP contribution in [0.4, 0.5) is 5.69 Å². The summed E-state index contributed by atoms with van der Waals surface area (Å²) in [5.41, 5.74) is 1.19. The summed E-state index contributed by atoms with van der Waals surface area (Å²) in [6.07, 6.45) is 6.38. The van der Waals surface area contributed by atoms with Crippen LogP contribution in [0.1, 0.15) is 10.4 Å². The van der Waals surface area contributed by atoms with Crippen molar-refractivity contribution in [3.8, 4) is 0 Å². The lowest BCUT2D eigenvalue weighted by Gasteiger charge is -1.98. The van der Waals surface area contributed by atoms with Crippen molar-refractivity contribution in [3.63, 3.8) is 0 Å². The number of allylic oxidation sites excluding steroid dienone is 3. The number of hydrogen-bond acceptors (Lipinski definition) is 3. The molecule has 0 N–H and O–H groups in total. The van der Waals surface area contributed by atoms with Crippen LogP contribution in [-0.2, 0) is 0 Å². The minimum absolute atomic E-state index is 0.0499. The van der Waals surface area contributed by atoms with E-state index in [4.69, 9.17) is 0 Å². The van der Waals surface area contributed by atoms with E-state index in [0.717, 1.165) is 0 Å². The maximum Gasteiger partial charge on any atom is 0.188 e. The molecule has 3 heteroatoms. The fourth-order valence-electron chi connectivity index (χ4n) is 1.19. The Bertz CT molecular complexity index is 444. The van der Waals surface area contributed by atoms with Crippen LogP contribution in [0, 0.1) is 0 Å². The van der Waals surface area contributed by atoms with Gasteiger partial charge in [0.15, 0.2) is 5.78 Å². The van der Waals surface area contributed by atoms with Gasteiger partial charge in [0.1, 0.15) is 0 Å². The third-order valence-electron chi connectivity index (χ3n) is 1.85. The number of carbonyl (C=O) groups is 1. The first-order valence-electron chi connectivity index (χ1n) is 4.25. The summed E-state index contributed by atoms with van der Waals surface area (Å²) in [5.74, 6) is -0.0499. The summed E-state index contributed by atoms with van der Waals surface area (Å²) >= 11 is 0. The fourth-order valence-corrected chi connectivity index (χ4v) is 1.19. The van der Waals surface area contributed by atoms with Crippen molar-refractivity contribution in [1.82, 2.24) is 0 Å². The zero-order chi connectivity index (χ0) is 9.80. The van der Waals surface area contributed by atoms with Gasteiger partial charge in [-0.05, 0) is 24.3 Å². The monoisotopic (exact) mass is 184 g/mol. The molecule has 2 rings (SSSR count). The molecule has 68 valence electrons. The maximum atomic E-state index is 11.6. The summed E-state index contributed by atoms with van der Waals surface area (Å²) in [5, 5.41) is 7.74. The normalized spacial score (nSPS) is 14.4. The van der Waals surface area contributed by atoms with Gasteiger partial charge in [-0.25, -0.2) is 0 Å². The number of benzene rings is 1. The van der Waals surface area contributed by atoms with E-state index in [1.54, 1.807) is 30.5 Å². The van der Waals surface area contributed by atoms with Gasteiger partial charge in [-0.15, -0.1) is 0 Å². The van der Waals surface area contributed by atoms with Crippen molar-refractivity contribution in [3.05, 3.63) is 54.3 Å². The first-order chi connectivity index (χ1) is 6.88. The van der Waals surface area contributed by atoms with Gasteiger partial charge < -0.3 is 0 Å². The van der Waals surface area contributed by atoms with Crippen molar-refractivity contribution < 1.29 is 4.79 Å². The van der Waals surface area contributed by atoms with E-state index in [-0.39, 0.29) is 5.78 Å². The van der Waals surface area contributed by atoms with Gasteiger partial charge in [0, 0.05) is 11.8 Å². The van der Waals surface area contributed by atoms with E-state index < -0.39 is 0 Å². The number of nitrogens with zero attached hydrogens (tertiary/aromatic N) is 2. The van der Waals surface area contributed by atoms with Crippen LogP contribution in [-0.4, -0.2) is 5.78 Å². The highest BCUT2D eigenvalue weighted by Gasteiger charge is 2.07. The van der Waals surface area contributed by atoms with Gasteiger partial charge in [0.05, 0.1) is 5.69 Å².